The van der Waals surface area contributed by atoms with Gasteiger partial charge in [0.05, 0.1) is 12.2 Å². The van der Waals surface area contributed by atoms with E-state index in [1.54, 1.807) is 0 Å². The highest BCUT2D eigenvalue weighted by Gasteiger charge is 2.23. The lowest BCUT2D eigenvalue weighted by Gasteiger charge is -2.27. The molecule has 0 radical (unpaired) electrons. The third-order valence-electron chi connectivity index (χ3n) is 3.33. The van der Waals surface area contributed by atoms with Gasteiger partial charge in [-0.05, 0) is 44.6 Å². The maximum Gasteiger partial charge on any atom is 0.144 e. The van der Waals surface area contributed by atoms with Gasteiger partial charge in [0, 0.05) is 0 Å². The van der Waals surface area contributed by atoms with E-state index in [4.69, 9.17) is 10.00 Å². The van der Waals surface area contributed by atoms with Gasteiger partial charge in [-0.15, -0.1) is 0 Å². The summed E-state index contributed by atoms with van der Waals surface area (Å²) in [7, 11) is 0. The zero-order valence-corrected chi connectivity index (χ0v) is 10.4. The van der Waals surface area contributed by atoms with Crippen LogP contribution >= 0.6 is 0 Å². The highest BCUT2D eigenvalue weighted by atomic mass is 16.5. The van der Waals surface area contributed by atoms with Crippen molar-refractivity contribution in [2.45, 2.75) is 51.2 Å². The van der Waals surface area contributed by atoms with Crippen molar-refractivity contribution in [3.05, 3.63) is 35.5 Å². The molecule has 0 N–H and O–H groups in total. The van der Waals surface area contributed by atoms with E-state index < -0.39 is 0 Å². The normalized spacial score (nSPS) is 29.6. The summed E-state index contributed by atoms with van der Waals surface area (Å²) in [5.41, 5.74) is 2.56. The number of ether oxygens (including phenoxy) is 1. The van der Waals surface area contributed by atoms with Crippen LogP contribution in [0.2, 0.25) is 0 Å². The van der Waals surface area contributed by atoms with Crippen LogP contribution in [-0.4, -0.2) is 12.2 Å². The highest BCUT2D eigenvalue weighted by molar-refractivity contribution is 5.31. The molecule has 2 heteroatoms. The number of hydrogen-bond donors (Lipinski definition) is 0. The Morgan fingerprint density at radius 2 is 2.06 bits per heavy atom. The Labute approximate surface area is 103 Å². The van der Waals surface area contributed by atoms with Gasteiger partial charge >= 0.3 is 0 Å². The summed E-state index contributed by atoms with van der Waals surface area (Å²) >= 11 is 0. The summed E-state index contributed by atoms with van der Waals surface area (Å²) in [4.78, 5) is 0. The molecule has 90 valence electrons. The lowest BCUT2D eigenvalue weighted by atomic mass is 9.95. The van der Waals surface area contributed by atoms with Crippen LogP contribution in [0.5, 0.6) is 0 Å². The monoisotopic (exact) mass is 229 g/mol. The van der Waals surface area contributed by atoms with Crippen molar-refractivity contribution in [2.24, 2.45) is 0 Å². The van der Waals surface area contributed by atoms with E-state index in [0.29, 0.717) is 0 Å². The Morgan fingerprint density at radius 3 is 2.88 bits per heavy atom. The molecular weight excluding hydrogens is 210 g/mol. The fourth-order valence-electron chi connectivity index (χ4n) is 2.33. The molecule has 0 spiro atoms. The van der Waals surface area contributed by atoms with E-state index in [9.17, 15) is 0 Å². The van der Waals surface area contributed by atoms with E-state index >= 15 is 0 Å². The number of nitriles is 1. The highest BCUT2D eigenvalue weighted by Crippen LogP contribution is 2.26. The van der Waals surface area contributed by atoms with Crippen LogP contribution < -0.4 is 0 Å². The maximum absolute atomic E-state index is 8.93. The molecule has 17 heavy (non-hydrogen) atoms. The molecule has 2 nitrogen and oxygen atoms in total. The zero-order valence-electron chi connectivity index (χ0n) is 10.4. The van der Waals surface area contributed by atoms with Crippen LogP contribution in [0.3, 0.4) is 0 Å². The summed E-state index contributed by atoms with van der Waals surface area (Å²) in [5, 5.41) is 8.93. The first-order chi connectivity index (χ1) is 8.29. The Bertz CT molecular complexity index is 398. The summed E-state index contributed by atoms with van der Waals surface area (Å²) < 4.78 is 5.81. The topological polar surface area (TPSA) is 33.0 Å². The van der Waals surface area contributed by atoms with E-state index in [0.717, 1.165) is 32.1 Å². The van der Waals surface area contributed by atoms with Crippen molar-refractivity contribution in [1.82, 2.24) is 0 Å². The van der Waals surface area contributed by atoms with Gasteiger partial charge < -0.3 is 4.74 Å². The maximum atomic E-state index is 8.93. The Balaban J connectivity index is 2.08. The molecule has 2 unspecified atom stereocenters. The molecule has 1 fully saturated rings. The molecule has 0 aromatic heterocycles. The van der Waals surface area contributed by atoms with Crippen LogP contribution in [0.4, 0.5) is 0 Å². The fourth-order valence-corrected chi connectivity index (χ4v) is 2.33. The second-order valence-corrected chi connectivity index (χ2v) is 4.74. The molecule has 0 aromatic carbocycles. The molecule has 1 aliphatic heterocycles. The van der Waals surface area contributed by atoms with Gasteiger partial charge in [-0.2, -0.15) is 5.26 Å². The Kier molecular flexibility index (Phi) is 4.17. The van der Waals surface area contributed by atoms with Crippen LogP contribution in [0.1, 0.15) is 39.0 Å². The molecule has 2 aliphatic rings. The lowest BCUT2D eigenvalue weighted by Crippen LogP contribution is -2.27. The zero-order chi connectivity index (χ0) is 12.1. The van der Waals surface area contributed by atoms with Crippen molar-refractivity contribution in [3.8, 4) is 6.07 Å². The third kappa shape index (κ3) is 3.31. The molecule has 2 rings (SSSR count). The quantitative estimate of drug-likeness (QED) is 0.687. The molecule has 1 saturated heterocycles. The van der Waals surface area contributed by atoms with Crippen LogP contribution in [-0.2, 0) is 4.74 Å². The average molecular weight is 229 g/mol. The number of rotatable bonds is 1. The smallest absolute Gasteiger partial charge is 0.144 e. The predicted molar refractivity (Wildman–Crippen MR) is 68.3 cm³/mol. The van der Waals surface area contributed by atoms with E-state index in [-0.39, 0.29) is 12.2 Å². The number of hydrogen-bond acceptors (Lipinski definition) is 2. The second-order valence-electron chi connectivity index (χ2n) is 4.74. The second kappa shape index (κ2) is 5.84. The predicted octanol–water partition coefficient (Wildman–Crippen LogP) is 3.67. The first kappa shape index (κ1) is 12.1. The van der Waals surface area contributed by atoms with Gasteiger partial charge in [-0.1, -0.05) is 29.9 Å². The van der Waals surface area contributed by atoms with Crippen molar-refractivity contribution in [3.63, 3.8) is 0 Å². The molecule has 2 atom stereocenters. The first-order valence-corrected chi connectivity index (χ1v) is 6.39. The average Bonchev–Trinajstić information content (AvgIpc) is 2.34. The minimum Gasteiger partial charge on any atom is -0.355 e. The summed E-state index contributed by atoms with van der Waals surface area (Å²) in [6.45, 7) is 2.12. The van der Waals surface area contributed by atoms with Crippen LogP contribution in [0, 0.1) is 11.3 Å². The number of nitrogens with zero attached hydrogens (tertiary/aromatic N) is 1. The van der Waals surface area contributed by atoms with Crippen LogP contribution in [0.25, 0.3) is 0 Å². The van der Waals surface area contributed by atoms with E-state index in [2.05, 4.69) is 37.3 Å². The molecule has 1 heterocycles. The van der Waals surface area contributed by atoms with Crippen molar-refractivity contribution in [1.29, 1.82) is 5.26 Å². The molecular formula is C15H19NO. The molecule has 0 aromatic rings. The molecule has 0 saturated carbocycles. The van der Waals surface area contributed by atoms with Gasteiger partial charge in [-0.25, -0.2) is 0 Å². The number of allylic oxidation sites excluding steroid dienone is 4. The minimum atomic E-state index is -0.217. The Hall–Kier alpha value is -1.33. The lowest BCUT2D eigenvalue weighted by molar-refractivity contribution is 0.00134. The van der Waals surface area contributed by atoms with Crippen LogP contribution in [0.15, 0.2) is 35.5 Å². The van der Waals surface area contributed by atoms with Gasteiger partial charge in [0.1, 0.15) is 6.10 Å². The van der Waals surface area contributed by atoms with Crippen molar-refractivity contribution < 1.29 is 4.74 Å². The van der Waals surface area contributed by atoms with Gasteiger partial charge in [-0.3, -0.25) is 0 Å². The van der Waals surface area contributed by atoms with Gasteiger partial charge in [0.15, 0.2) is 0 Å². The van der Waals surface area contributed by atoms with Crippen molar-refractivity contribution in [2.75, 3.05) is 0 Å². The Morgan fingerprint density at radius 1 is 1.24 bits per heavy atom. The third-order valence-corrected chi connectivity index (χ3v) is 3.33. The molecule has 0 bridgehead atoms. The SMILES string of the molecule is CC1=CCCC=C(C2CCCC(C#N)O2)C=C1. The van der Waals surface area contributed by atoms with E-state index in [1.807, 2.05) is 0 Å². The van der Waals surface area contributed by atoms with Crippen molar-refractivity contribution >= 4 is 0 Å². The summed E-state index contributed by atoms with van der Waals surface area (Å²) in [6, 6.07) is 2.22. The summed E-state index contributed by atoms with van der Waals surface area (Å²) in [5.74, 6) is 0. The first-order valence-electron chi connectivity index (χ1n) is 6.39. The van der Waals surface area contributed by atoms with Gasteiger partial charge in [0.2, 0.25) is 0 Å². The largest absolute Gasteiger partial charge is 0.355 e. The standard InChI is InChI=1S/C15H19NO/c1-12-5-2-3-6-13(10-9-12)15-8-4-7-14(11-16)17-15/h5-6,9-10,14-15H,2-4,7-8H2,1H3. The minimum absolute atomic E-state index is 0.121. The molecule has 0 amide bonds. The van der Waals surface area contributed by atoms with Gasteiger partial charge in [0.25, 0.3) is 0 Å². The van der Waals surface area contributed by atoms with E-state index in [1.165, 1.54) is 11.1 Å². The summed E-state index contributed by atoms with van der Waals surface area (Å²) in [6.07, 6.45) is 13.9. The fraction of sp³-hybridized carbons (Fsp3) is 0.533. The molecule has 1 aliphatic carbocycles.